The van der Waals surface area contributed by atoms with E-state index in [-0.39, 0.29) is 18.9 Å². The highest BCUT2D eigenvalue weighted by molar-refractivity contribution is 5.76. The maximum atomic E-state index is 13.2. The summed E-state index contributed by atoms with van der Waals surface area (Å²) in [6, 6.07) is -0.997. The second kappa shape index (κ2) is 36.2. The van der Waals surface area contributed by atoms with Crippen LogP contribution in [0.15, 0.2) is 72.9 Å². The number of hydrogen-bond acceptors (Lipinski definition) is 18. The Kier molecular flexibility index (Phi) is 31.9. The summed E-state index contributed by atoms with van der Waals surface area (Å²) in [5, 5.41) is 119. The van der Waals surface area contributed by atoms with Crippen molar-refractivity contribution < 1.29 is 89.4 Å². The standard InChI is InChI=1S/C52H87NO18/c1-3-5-7-9-11-12-13-14-15-16-17-18-19-20-21-22-24-26-28-30-40(58)53-35(36(57)29-27-25-23-10-8-6-4-2)34-66-50-46(64)43(61)48(38(32-55)68-50)71-52-47(65)44(62)49(39(33-56)69-52)70-51-45(63)42(60)41(59)37(31-54)67-51/h5,7-8,10-12,14-15,17-18,27,29,35-39,41-52,54-57,59-65H,3-4,6,9,13,16,19-26,28,30-34H2,1-2H3,(H,53,58)/b7-5-,10-8+,12-11-,15-14-,18-17-,29-27+. The summed E-state index contributed by atoms with van der Waals surface area (Å²) in [5.74, 6) is -0.310. The molecule has 3 fully saturated rings. The molecule has 0 aliphatic carbocycles. The van der Waals surface area contributed by atoms with E-state index in [1.54, 1.807) is 12.2 Å². The van der Waals surface area contributed by atoms with Gasteiger partial charge in [-0.05, 0) is 64.2 Å². The third kappa shape index (κ3) is 21.9. The summed E-state index contributed by atoms with van der Waals surface area (Å²) in [7, 11) is 0. The molecular formula is C52H87NO18. The van der Waals surface area contributed by atoms with Crippen LogP contribution in [0.5, 0.6) is 0 Å². The zero-order chi connectivity index (χ0) is 52.0. The van der Waals surface area contributed by atoms with Crippen molar-refractivity contribution >= 4 is 5.91 Å². The first-order valence-electron chi connectivity index (χ1n) is 25.7. The lowest BCUT2D eigenvalue weighted by atomic mass is 9.96. The molecule has 71 heavy (non-hydrogen) atoms. The molecule has 19 nitrogen and oxygen atoms in total. The highest BCUT2D eigenvalue weighted by atomic mass is 16.8. The summed E-state index contributed by atoms with van der Waals surface area (Å²) >= 11 is 0. The fraction of sp³-hybridized carbons (Fsp3) is 0.750. The van der Waals surface area contributed by atoms with Crippen LogP contribution in [-0.4, -0.2) is 193 Å². The van der Waals surface area contributed by atoms with Gasteiger partial charge in [-0.2, -0.15) is 0 Å². The van der Waals surface area contributed by atoms with Gasteiger partial charge < -0.3 is 89.9 Å². The maximum absolute atomic E-state index is 13.2. The second-order valence-electron chi connectivity index (χ2n) is 18.2. The van der Waals surface area contributed by atoms with E-state index in [2.05, 4.69) is 79.9 Å². The predicted molar refractivity (Wildman–Crippen MR) is 263 cm³/mol. The molecule has 17 unspecified atom stereocenters. The number of carbonyl (C=O) groups is 1. The number of allylic oxidation sites excluding steroid dienone is 11. The van der Waals surface area contributed by atoms with E-state index >= 15 is 0 Å². The van der Waals surface area contributed by atoms with Crippen molar-refractivity contribution in [2.24, 2.45) is 0 Å². The van der Waals surface area contributed by atoms with Crippen molar-refractivity contribution in [3.8, 4) is 0 Å². The molecule has 0 aromatic rings. The normalized spacial score (nSPS) is 32.9. The van der Waals surface area contributed by atoms with Gasteiger partial charge >= 0.3 is 0 Å². The minimum atomic E-state index is -1.98. The molecule has 0 aromatic heterocycles. The van der Waals surface area contributed by atoms with E-state index in [0.29, 0.717) is 12.8 Å². The van der Waals surface area contributed by atoms with Crippen LogP contribution in [0.25, 0.3) is 0 Å². The fourth-order valence-corrected chi connectivity index (χ4v) is 8.20. The van der Waals surface area contributed by atoms with E-state index < -0.39 is 124 Å². The highest BCUT2D eigenvalue weighted by Crippen LogP contribution is 2.33. The molecule has 19 heteroatoms. The van der Waals surface area contributed by atoms with Crippen molar-refractivity contribution in [1.82, 2.24) is 5.32 Å². The third-order valence-corrected chi connectivity index (χ3v) is 12.5. The van der Waals surface area contributed by atoms with Gasteiger partial charge in [-0.25, -0.2) is 0 Å². The first-order valence-corrected chi connectivity index (χ1v) is 25.7. The van der Waals surface area contributed by atoms with E-state index in [4.69, 9.17) is 28.4 Å². The molecule has 3 heterocycles. The number of ether oxygens (including phenoxy) is 6. The zero-order valence-corrected chi connectivity index (χ0v) is 41.7. The van der Waals surface area contributed by atoms with Gasteiger partial charge in [0.1, 0.15) is 73.2 Å². The monoisotopic (exact) mass is 1010 g/mol. The number of nitrogens with one attached hydrogen (secondary N) is 1. The van der Waals surface area contributed by atoms with Crippen molar-refractivity contribution in [2.75, 3.05) is 26.4 Å². The second-order valence-corrected chi connectivity index (χ2v) is 18.2. The first-order chi connectivity index (χ1) is 34.3. The maximum Gasteiger partial charge on any atom is 0.220 e. The molecule has 3 rings (SSSR count). The molecule has 0 saturated carbocycles. The van der Waals surface area contributed by atoms with Crippen LogP contribution in [0.1, 0.15) is 117 Å². The van der Waals surface area contributed by atoms with Gasteiger partial charge in [-0.1, -0.05) is 119 Å². The van der Waals surface area contributed by atoms with Crippen LogP contribution >= 0.6 is 0 Å². The summed E-state index contributed by atoms with van der Waals surface area (Å²) < 4.78 is 34.0. The lowest BCUT2D eigenvalue weighted by molar-refractivity contribution is -0.379. The number of carbonyl (C=O) groups excluding carboxylic acids is 1. The Balaban J connectivity index is 1.51. The Morgan fingerprint density at radius 1 is 0.521 bits per heavy atom. The summed E-state index contributed by atoms with van der Waals surface area (Å²) in [6.45, 7) is 1.40. The largest absolute Gasteiger partial charge is 0.394 e. The lowest BCUT2D eigenvalue weighted by Gasteiger charge is -2.48. The van der Waals surface area contributed by atoms with Crippen molar-refractivity contribution in [1.29, 1.82) is 0 Å². The smallest absolute Gasteiger partial charge is 0.220 e. The molecule has 12 N–H and O–H groups in total. The third-order valence-electron chi connectivity index (χ3n) is 12.5. The SMILES string of the molecule is CC/C=C\C/C=C\C/C=C\C/C=C\CCCCCCCCC(=O)NC(COC1OC(CO)C(OC2OC(CO)C(OC3OC(CO)C(O)C(O)C3O)C(O)C2O)C(O)C1O)C(O)/C=C/CC/C=C/CCC. The molecule has 408 valence electrons. The van der Waals surface area contributed by atoms with E-state index in [0.717, 1.165) is 83.5 Å². The average Bonchev–Trinajstić information content (AvgIpc) is 3.36. The van der Waals surface area contributed by atoms with E-state index in [9.17, 15) is 61.0 Å². The number of aliphatic hydroxyl groups excluding tert-OH is 11. The number of unbranched alkanes of at least 4 members (excludes halogenated alkanes) is 8. The molecule has 3 saturated heterocycles. The Bertz CT molecular complexity index is 1590. The Morgan fingerprint density at radius 3 is 1.56 bits per heavy atom. The van der Waals surface area contributed by atoms with Crippen molar-refractivity contribution in [2.45, 2.75) is 221 Å². The van der Waals surface area contributed by atoms with Crippen LogP contribution in [0.4, 0.5) is 0 Å². The number of aliphatic hydroxyl groups is 11. The highest BCUT2D eigenvalue weighted by Gasteiger charge is 2.53. The first kappa shape index (κ1) is 62.5. The Labute approximate surface area is 419 Å². The summed E-state index contributed by atoms with van der Waals surface area (Å²) in [5.41, 5.74) is 0. The number of hydrogen-bond donors (Lipinski definition) is 12. The fourth-order valence-electron chi connectivity index (χ4n) is 8.20. The molecule has 0 bridgehead atoms. The molecule has 17 atom stereocenters. The van der Waals surface area contributed by atoms with Crippen molar-refractivity contribution in [3.63, 3.8) is 0 Å². The molecule has 0 spiro atoms. The number of rotatable bonds is 34. The molecular weight excluding hydrogens is 927 g/mol. The van der Waals surface area contributed by atoms with Crippen LogP contribution in [0.3, 0.4) is 0 Å². The molecule has 3 aliphatic heterocycles. The van der Waals surface area contributed by atoms with Crippen LogP contribution < -0.4 is 5.32 Å². The quantitative estimate of drug-likeness (QED) is 0.0324. The molecule has 0 radical (unpaired) electrons. The Hall–Kier alpha value is -2.77. The predicted octanol–water partition coefficient (Wildman–Crippen LogP) is 1.92. The molecule has 1 amide bonds. The van der Waals surface area contributed by atoms with Gasteiger partial charge in [0.15, 0.2) is 18.9 Å². The molecule has 3 aliphatic rings. The van der Waals surface area contributed by atoms with Gasteiger partial charge in [-0.15, -0.1) is 0 Å². The van der Waals surface area contributed by atoms with Gasteiger partial charge in [0.25, 0.3) is 0 Å². The summed E-state index contributed by atoms with van der Waals surface area (Å²) in [4.78, 5) is 13.2. The van der Waals surface area contributed by atoms with Crippen LogP contribution in [0.2, 0.25) is 0 Å². The van der Waals surface area contributed by atoms with Gasteiger partial charge in [0.05, 0.1) is 38.6 Å². The van der Waals surface area contributed by atoms with Gasteiger partial charge in [0, 0.05) is 6.42 Å². The van der Waals surface area contributed by atoms with Gasteiger partial charge in [-0.3, -0.25) is 4.79 Å². The Morgan fingerprint density at radius 2 is 0.986 bits per heavy atom. The lowest BCUT2D eigenvalue weighted by Crippen LogP contribution is -2.66. The number of amides is 1. The topological polar surface area (TPSA) is 307 Å². The van der Waals surface area contributed by atoms with Crippen LogP contribution in [0, 0.1) is 0 Å². The summed E-state index contributed by atoms with van der Waals surface area (Å²) in [6.07, 6.45) is 12.3. The van der Waals surface area contributed by atoms with Crippen LogP contribution in [-0.2, 0) is 33.2 Å². The van der Waals surface area contributed by atoms with E-state index in [1.807, 2.05) is 0 Å². The average molecular weight is 1010 g/mol. The minimum absolute atomic E-state index is 0.214. The van der Waals surface area contributed by atoms with Gasteiger partial charge in [0.2, 0.25) is 5.91 Å². The van der Waals surface area contributed by atoms with Crippen molar-refractivity contribution in [3.05, 3.63) is 72.9 Å². The van der Waals surface area contributed by atoms with E-state index in [1.165, 1.54) is 0 Å². The zero-order valence-electron chi connectivity index (χ0n) is 41.7. The molecule has 0 aromatic carbocycles. The minimum Gasteiger partial charge on any atom is -0.394 e.